The Hall–Kier alpha value is -6.05. The number of hydrogen-bond donors (Lipinski definition) is 0. The Labute approximate surface area is 556 Å². The number of rotatable bonds is 2. The summed E-state index contributed by atoms with van der Waals surface area (Å²) < 4.78 is 0. The maximum atomic E-state index is 3.67. The van der Waals surface area contributed by atoms with Crippen LogP contribution in [-0.4, -0.2) is 0 Å². The van der Waals surface area contributed by atoms with Crippen molar-refractivity contribution in [3.05, 3.63) is 274 Å². The first-order chi connectivity index (χ1) is 38.9. The zero-order valence-corrected chi connectivity index (χ0v) is 57.4. The van der Waals surface area contributed by atoms with Crippen molar-refractivity contribution in [1.82, 2.24) is 0 Å². The van der Waals surface area contributed by atoms with E-state index in [-0.39, 0.29) is 89.9 Å². The van der Waals surface area contributed by atoms with Crippen LogP contribution in [0.1, 0.15) is 139 Å². The molecule has 2 aliphatic rings. The Morgan fingerprint density at radius 1 is 0.337 bits per heavy atom. The maximum absolute atomic E-state index is 3.67. The van der Waals surface area contributed by atoms with Crippen LogP contribution in [-0.2, 0) is 77.9 Å². The molecule has 4 heteroatoms. The fraction of sp³-hybridized carbons (Fsp3) is 0.244. The molecule has 0 atom stereocenters. The Morgan fingerprint density at radius 3 is 1.07 bits per heavy atom. The number of fused-ring (bicyclic) bond motifs is 10. The second-order valence-electron chi connectivity index (χ2n) is 27.4. The molecule has 0 fully saturated rings. The van der Waals surface area contributed by atoms with Crippen molar-refractivity contribution in [3.63, 3.8) is 0 Å². The third-order valence-corrected chi connectivity index (χ3v) is 17.0. The van der Waals surface area contributed by atoms with Crippen LogP contribution in [0.15, 0.2) is 206 Å². The smallest absolute Gasteiger partial charge is 1.00 e. The summed E-state index contributed by atoms with van der Waals surface area (Å²) in [6, 6.07) is 82.9. The molecule has 0 aliphatic heterocycles. The molecule has 12 aromatic rings. The minimum absolute atomic E-state index is 0. The molecular formula is C82H80Cl2Ti2-2. The van der Waals surface area contributed by atoms with Gasteiger partial charge >= 0.3 is 43.4 Å². The first kappa shape index (κ1) is 67.5. The number of hydrogen-bond acceptors (Lipinski definition) is 0. The molecular weight excluding hydrogens is 1150 g/mol. The van der Waals surface area contributed by atoms with E-state index >= 15 is 0 Å². The molecule has 0 saturated carbocycles. The molecule has 0 spiro atoms. The van der Waals surface area contributed by atoms with E-state index in [0.29, 0.717) is 0 Å². The Balaban J connectivity index is 0.000000162. The van der Waals surface area contributed by atoms with E-state index in [1.54, 1.807) is 0 Å². The van der Waals surface area contributed by atoms with E-state index in [0.717, 1.165) is 12.8 Å². The summed E-state index contributed by atoms with van der Waals surface area (Å²) in [5.41, 5.74) is 25.2. The van der Waals surface area contributed by atoms with Gasteiger partial charge in [-0.15, -0.1) is 91.3 Å². The van der Waals surface area contributed by atoms with Crippen molar-refractivity contribution >= 4 is 43.1 Å². The standard InChI is InChI=1S/2C21H25.2C20H15.2ClH.2Ti/c2*1-20(2,3)16-9-10-18-15(12-16)11-14-7-8-17(13-19(14)18)21(4,5)6;2*1-14-5-4-8-15-9-10-18(13-20(14)15)19-11-16-6-2-3-7-17(16)12-19;;;;/h2*7-10,13H,11H2,1-6H3;2*2-13H,1H3;2*1H;;/q4*-1;;;2*+2/p-2. The third kappa shape index (κ3) is 14.6. The van der Waals surface area contributed by atoms with Gasteiger partial charge in [-0.1, -0.05) is 262 Å². The summed E-state index contributed by atoms with van der Waals surface area (Å²) in [6.07, 6.45) is 2.05. The van der Waals surface area contributed by atoms with Crippen LogP contribution in [0.5, 0.6) is 0 Å². The van der Waals surface area contributed by atoms with Crippen molar-refractivity contribution in [2.45, 2.75) is 131 Å². The molecule has 12 aromatic carbocycles. The van der Waals surface area contributed by atoms with Crippen LogP contribution in [0, 0.1) is 26.0 Å². The summed E-state index contributed by atoms with van der Waals surface area (Å²) in [6.45, 7) is 31.5. The van der Waals surface area contributed by atoms with Crippen molar-refractivity contribution in [3.8, 4) is 44.5 Å². The van der Waals surface area contributed by atoms with E-state index in [9.17, 15) is 0 Å². The summed E-state index contributed by atoms with van der Waals surface area (Å²) in [5.74, 6) is 0. The molecule has 0 amide bonds. The van der Waals surface area contributed by atoms with Gasteiger partial charge in [-0.3, -0.25) is 0 Å². The zero-order chi connectivity index (χ0) is 57.9. The van der Waals surface area contributed by atoms with Gasteiger partial charge in [-0.25, -0.2) is 0 Å². The van der Waals surface area contributed by atoms with Gasteiger partial charge in [-0.05, 0) is 92.1 Å². The van der Waals surface area contributed by atoms with Crippen LogP contribution < -0.4 is 24.8 Å². The van der Waals surface area contributed by atoms with E-state index in [2.05, 4.69) is 315 Å². The van der Waals surface area contributed by atoms with Gasteiger partial charge in [0, 0.05) is 0 Å². The van der Waals surface area contributed by atoms with Gasteiger partial charge in [0.1, 0.15) is 0 Å². The minimum atomic E-state index is 0. The van der Waals surface area contributed by atoms with Crippen molar-refractivity contribution in [2.75, 3.05) is 0 Å². The summed E-state index contributed by atoms with van der Waals surface area (Å²) in [5, 5.41) is 10.6. The second kappa shape index (κ2) is 26.7. The van der Waals surface area contributed by atoms with E-state index in [1.807, 2.05) is 0 Å². The molecule has 0 N–H and O–H groups in total. The zero-order valence-electron chi connectivity index (χ0n) is 52.8. The molecule has 432 valence electrons. The fourth-order valence-corrected chi connectivity index (χ4v) is 11.9. The van der Waals surface area contributed by atoms with Crippen LogP contribution in [0.25, 0.3) is 87.6 Å². The molecule has 0 unspecified atom stereocenters. The molecule has 86 heavy (non-hydrogen) atoms. The Morgan fingerprint density at radius 2 is 0.709 bits per heavy atom. The van der Waals surface area contributed by atoms with E-state index < -0.39 is 0 Å². The predicted octanol–water partition coefficient (Wildman–Crippen LogP) is 16.7. The molecule has 0 bridgehead atoms. The molecule has 0 nitrogen and oxygen atoms in total. The van der Waals surface area contributed by atoms with Gasteiger partial charge in [0.2, 0.25) is 0 Å². The summed E-state index contributed by atoms with van der Waals surface area (Å²) in [7, 11) is 0. The molecule has 0 saturated heterocycles. The molecule has 0 aromatic heterocycles. The van der Waals surface area contributed by atoms with Gasteiger partial charge < -0.3 is 24.8 Å². The predicted molar refractivity (Wildman–Crippen MR) is 356 cm³/mol. The quantitative estimate of drug-likeness (QED) is 0.120. The summed E-state index contributed by atoms with van der Waals surface area (Å²) in [4.78, 5) is 0. The topological polar surface area (TPSA) is 0 Å². The fourth-order valence-electron chi connectivity index (χ4n) is 11.9. The third-order valence-electron chi connectivity index (χ3n) is 17.0. The first-order valence-electron chi connectivity index (χ1n) is 29.6. The minimum Gasteiger partial charge on any atom is -1.00 e. The molecule has 0 radical (unpaired) electrons. The molecule has 0 heterocycles. The number of aryl methyl sites for hydroxylation is 2. The molecule has 2 aliphatic carbocycles. The van der Waals surface area contributed by atoms with Crippen LogP contribution >= 0.6 is 0 Å². The van der Waals surface area contributed by atoms with Gasteiger partial charge in [0.25, 0.3) is 0 Å². The van der Waals surface area contributed by atoms with Crippen molar-refractivity contribution in [1.29, 1.82) is 0 Å². The first-order valence-corrected chi connectivity index (χ1v) is 29.6. The number of halogens is 2. The van der Waals surface area contributed by atoms with E-state index in [1.165, 1.54) is 143 Å². The average Bonchev–Trinajstić information content (AvgIpc) is 2.23. The van der Waals surface area contributed by atoms with Gasteiger partial charge in [0.15, 0.2) is 0 Å². The van der Waals surface area contributed by atoms with Gasteiger partial charge in [-0.2, -0.15) is 47.5 Å². The number of benzene rings is 10. The monoisotopic (exact) mass is 1230 g/mol. The second-order valence-corrected chi connectivity index (χ2v) is 27.4. The SMILES string of the molecule is CC(C)(C)c1[c-]c2c(cc1)-c1cc(C(C)(C)C)ccc1C2.CC(C)(C)c1[c-]c2c(cc1)-c1cc(C(C)(C)C)ccc1C2.Cc1cccc2ccc(-c3cc4ccccc4[cH-]3)cc12.Cc1cccc2ccc(-c3cc4ccccc4[cH-]3)cc12.[Cl-].[Cl-].[Ti+2].[Ti+2]. The maximum Gasteiger partial charge on any atom is 2.00 e. The van der Waals surface area contributed by atoms with Gasteiger partial charge in [0.05, 0.1) is 0 Å². The van der Waals surface area contributed by atoms with Crippen molar-refractivity contribution in [2.24, 2.45) is 0 Å². The van der Waals surface area contributed by atoms with Crippen molar-refractivity contribution < 1.29 is 68.2 Å². The van der Waals surface area contributed by atoms with Crippen LogP contribution in [0.2, 0.25) is 0 Å². The van der Waals surface area contributed by atoms with Crippen LogP contribution in [0.3, 0.4) is 0 Å². The molecule has 14 rings (SSSR count). The largest absolute Gasteiger partial charge is 2.00 e. The summed E-state index contributed by atoms with van der Waals surface area (Å²) >= 11 is 0. The average molecular weight is 1230 g/mol. The normalized spacial score (nSPS) is 12.1. The van der Waals surface area contributed by atoms with E-state index in [4.69, 9.17) is 0 Å². The Kier molecular flexibility index (Phi) is 21.0. The van der Waals surface area contributed by atoms with Crippen LogP contribution in [0.4, 0.5) is 0 Å². The Bertz CT molecular complexity index is 4000.